The first-order chi connectivity index (χ1) is 15.5. The lowest BCUT2D eigenvalue weighted by Gasteiger charge is -2.09. The zero-order chi connectivity index (χ0) is 22.5. The molecule has 0 atom stereocenters. The summed E-state index contributed by atoms with van der Waals surface area (Å²) in [4.78, 5) is 28.2. The molecule has 1 heterocycles. The van der Waals surface area contributed by atoms with E-state index >= 15 is 0 Å². The van der Waals surface area contributed by atoms with E-state index in [0.29, 0.717) is 20.8 Å². The fourth-order valence-electron chi connectivity index (χ4n) is 2.88. The molecule has 6 nitrogen and oxygen atoms in total. The number of carbonyl (C=O) groups excluding carboxylic acids is 1. The van der Waals surface area contributed by atoms with Crippen LogP contribution in [0.1, 0.15) is 21.5 Å². The molecule has 1 saturated heterocycles. The van der Waals surface area contributed by atoms with E-state index in [1.165, 1.54) is 23.9 Å². The minimum Gasteiger partial charge on any atom is -0.487 e. The Kier molecular flexibility index (Phi) is 6.58. The average molecular weight is 465 g/mol. The zero-order valence-corrected chi connectivity index (χ0v) is 18.2. The van der Waals surface area contributed by atoms with Gasteiger partial charge < -0.3 is 15.2 Å². The van der Waals surface area contributed by atoms with Gasteiger partial charge in [0.05, 0.1) is 21.2 Å². The SMILES string of the molecule is O=C1NC(=Nc2ccccc2)S/C1=C\c1ccc(OCc2ccc(C(=O)O)cc2)c(Cl)c1. The van der Waals surface area contributed by atoms with Gasteiger partial charge in [-0.3, -0.25) is 4.79 Å². The number of nitrogens with zero attached hydrogens (tertiary/aromatic N) is 1. The van der Waals surface area contributed by atoms with E-state index in [2.05, 4.69) is 10.3 Å². The van der Waals surface area contributed by atoms with Crippen LogP contribution >= 0.6 is 23.4 Å². The second-order valence-electron chi connectivity index (χ2n) is 6.80. The molecule has 3 aromatic rings. The van der Waals surface area contributed by atoms with Crippen LogP contribution in [0.4, 0.5) is 5.69 Å². The maximum atomic E-state index is 12.3. The van der Waals surface area contributed by atoms with Crippen molar-refractivity contribution in [1.29, 1.82) is 0 Å². The van der Waals surface area contributed by atoms with E-state index in [0.717, 1.165) is 16.8 Å². The number of hydrogen-bond donors (Lipinski definition) is 2. The summed E-state index contributed by atoms with van der Waals surface area (Å²) in [6, 6.07) is 21.1. The standard InChI is InChI=1S/C24H17ClN2O4S/c25-19-12-16(8-11-20(19)31-14-15-6-9-17(10-7-15)23(29)30)13-21-22(28)27-24(32-21)26-18-4-2-1-3-5-18/h1-13H,14H2,(H,29,30)(H,26,27,28)/b21-13-. The lowest BCUT2D eigenvalue weighted by molar-refractivity contribution is -0.115. The number of nitrogens with one attached hydrogen (secondary N) is 1. The van der Waals surface area contributed by atoms with Crippen molar-refractivity contribution in [3.63, 3.8) is 0 Å². The molecule has 32 heavy (non-hydrogen) atoms. The summed E-state index contributed by atoms with van der Waals surface area (Å²) in [7, 11) is 0. The van der Waals surface area contributed by atoms with Gasteiger partial charge in [-0.05, 0) is 65.4 Å². The number of aromatic carboxylic acids is 1. The molecule has 0 saturated carbocycles. The topological polar surface area (TPSA) is 88.0 Å². The molecule has 1 aliphatic heterocycles. The average Bonchev–Trinajstić information content (AvgIpc) is 3.12. The Balaban J connectivity index is 1.42. The van der Waals surface area contributed by atoms with E-state index in [1.54, 1.807) is 30.3 Å². The lowest BCUT2D eigenvalue weighted by Crippen LogP contribution is -2.19. The minimum atomic E-state index is -0.974. The summed E-state index contributed by atoms with van der Waals surface area (Å²) >= 11 is 7.62. The lowest BCUT2D eigenvalue weighted by atomic mass is 10.1. The Morgan fingerprint density at radius 3 is 2.53 bits per heavy atom. The van der Waals surface area contributed by atoms with Crippen LogP contribution in [0.25, 0.3) is 6.08 Å². The number of para-hydroxylation sites is 1. The van der Waals surface area contributed by atoms with Crippen LogP contribution in [-0.4, -0.2) is 22.2 Å². The third-order valence-electron chi connectivity index (χ3n) is 4.49. The Bertz CT molecular complexity index is 1220. The van der Waals surface area contributed by atoms with Crippen molar-refractivity contribution in [3.05, 3.63) is 99.4 Å². The van der Waals surface area contributed by atoms with Gasteiger partial charge in [0.25, 0.3) is 5.91 Å². The molecule has 0 bridgehead atoms. The molecule has 8 heteroatoms. The van der Waals surface area contributed by atoms with Crippen molar-refractivity contribution < 1.29 is 19.4 Å². The van der Waals surface area contributed by atoms with Gasteiger partial charge in [0, 0.05) is 0 Å². The second kappa shape index (κ2) is 9.72. The van der Waals surface area contributed by atoms with Crippen LogP contribution in [0.2, 0.25) is 5.02 Å². The maximum absolute atomic E-state index is 12.3. The van der Waals surface area contributed by atoms with Gasteiger partial charge in [0.2, 0.25) is 0 Å². The predicted molar refractivity (Wildman–Crippen MR) is 126 cm³/mol. The van der Waals surface area contributed by atoms with Gasteiger partial charge in [0.1, 0.15) is 12.4 Å². The molecule has 0 radical (unpaired) electrons. The number of hydrogen-bond acceptors (Lipinski definition) is 5. The summed E-state index contributed by atoms with van der Waals surface area (Å²) in [6.45, 7) is 0.248. The van der Waals surface area contributed by atoms with Gasteiger partial charge in [-0.15, -0.1) is 0 Å². The minimum absolute atomic E-state index is 0.217. The maximum Gasteiger partial charge on any atom is 0.335 e. The number of carbonyl (C=O) groups is 2. The summed E-state index contributed by atoms with van der Waals surface area (Å²) in [5.74, 6) is -0.699. The molecule has 1 amide bonds. The molecule has 0 aromatic heterocycles. The van der Waals surface area contributed by atoms with E-state index in [1.807, 2.05) is 36.4 Å². The summed E-state index contributed by atoms with van der Waals surface area (Å²) in [6.07, 6.45) is 1.74. The largest absolute Gasteiger partial charge is 0.487 e. The molecule has 2 N–H and O–H groups in total. The van der Waals surface area contributed by atoms with Crippen molar-refractivity contribution >= 4 is 52.2 Å². The van der Waals surface area contributed by atoms with Gasteiger partial charge >= 0.3 is 5.97 Å². The van der Waals surface area contributed by atoms with Gasteiger partial charge in [0.15, 0.2) is 5.17 Å². The van der Waals surface area contributed by atoms with E-state index < -0.39 is 5.97 Å². The molecule has 0 spiro atoms. The number of halogens is 1. The van der Waals surface area contributed by atoms with Gasteiger partial charge in [-0.1, -0.05) is 48.0 Å². The van der Waals surface area contributed by atoms with Crippen molar-refractivity contribution in [2.45, 2.75) is 6.61 Å². The highest BCUT2D eigenvalue weighted by Gasteiger charge is 2.23. The molecule has 0 aliphatic carbocycles. The fourth-order valence-corrected chi connectivity index (χ4v) is 3.97. The number of thioether (sulfide) groups is 1. The predicted octanol–water partition coefficient (Wildman–Crippen LogP) is 5.51. The van der Waals surface area contributed by atoms with Crippen LogP contribution in [0.15, 0.2) is 82.7 Å². The molecule has 160 valence electrons. The van der Waals surface area contributed by atoms with Crippen LogP contribution in [0, 0.1) is 0 Å². The molecule has 0 unspecified atom stereocenters. The number of aliphatic imine (C=N–C) groups is 1. The van der Waals surface area contributed by atoms with Crippen LogP contribution in [-0.2, 0) is 11.4 Å². The number of benzene rings is 3. The number of amidine groups is 1. The number of rotatable bonds is 6. The Morgan fingerprint density at radius 2 is 1.84 bits per heavy atom. The third kappa shape index (κ3) is 5.38. The summed E-state index contributed by atoms with van der Waals surface area (Å²) in [5, 5.41) is 12.6. The fraction of sp³-hybridized carbons (Fsp3) is 0.0417. The molecular formula is C24H17ClN2O4S. The first-order valence-electron chi connectivity index (χ1n) is 9.57. The first-order valence-corrected chi connectivity index (χ1v) is 10.8. The molecule has 1 aliphatic rings. The van der Waals surface area contributed by atoms with Crippen molar-refractivity contribution in [3.8, 4) is 5.75 Å². The van der Waals surface area contributed by atoms with Crippen LogP contribution < -0.4 is 10.1 Å². The van der Waals surface area contributed by atoms with E-state index in [4.69, 9.17) is 21.4 Å². The highest BCUT2D eigenvalue weighted by molar-refractivity contribution is 8.18. The molecule has 3 aromatic carbocycles. The number of carboxylic acid groups (broad SMARTS) is 1. The highest BCUT2D eigenvalue weighted by atomic mass is 35.5. The van der Waals surface area contributed by atoms with Gasteiger partial charge in [-0.25, -0.2) is 9.79 Å². The molecular weight excluding hydrogens is 448 g/mol. The van der Waals surface area contributed by atoms with Crippen molar-refractivity contribution in [2.75, 3.05) is 0 Å². The van der Waals surface area contributed by atoms with E-state index in [9.17, 15) is 9.59 Å². The smallest absolute Gasteiger partial charge is 0.335 e. The normalized spacial score (nSPS) is 15.7. The monoisotopic (exact) mass is 464 g/mol. The quantitative estimate of drug-likeness (QED) is 0.470. The molecule has 4 rings (SSSR count). The first kappa shape index (κ1) is 21.7. The number of amides is 1. The van der Waals surface area contributed by atoms with Crippen LogP contribution in [0.3, 0.4) is 0 Å². The number of ether oxygens (including phenoxy) is 1. The Hall–Kier alpha value is -3.55. The highest BCUT2D eigenvalue weighted by Crippen LogP contribution is 2.31. The third-order valence-corrected chi connectivity index (χ3v) is 5.69. The van der Waals surface area contributed by atoms with Crippen molar-refractivity contribution in [1.82, 2.24) is 5.32 Å². The van der Waals surface area contributed by atoms with E-state index in [-0.39, 0.29) is 18.1 Å². The number of carboxylic acids is 1. The van der Waals surface area contributed by atoms with Gasteiger partial charge in [-0.2, -0.15) is 0 Å². The Labute approximate surface area is 193 Å². The summed E-state index contributed by atoms with van der Waals surface area (Å²) in [5.41, 5.74) is 2.56. The van der Waals surface area contributed by atoms with Crippen molar-refractivity contribution in [2.24, 2.45) is 4.99 Å². The summed E-state index contributed by atoms with van der Waals surface area (Å²) < 4.78 is 5.75. The second-order valence-corrected chi connectivity index (χ2v) is 8.24. The molecule has 1 fully saturated rings. The zero-order valence-electron chi connectivity index (χ0n) is 16.6. The Morgan fingerprint density at radius 1 is 1.09 bits per heavy atom. The van der Waals surface area contributed by atoms with Crippen LogP contribution in [0.5, 0.6) is 5.75 Å².